The Morgan fingerprint density at radius 2 is 1.69 bits per heavy atom. The van der Waals surface area contributed by atoms with Crippen molar-refractivity contribution in [2.75, 3.05) is 33.4 Å². The Morgan fingerprint density at radius 1 is 1.19 bits per heavy atom. The van der Waals surface area contributed by atoms with E-state index in [0.29, 0.717) is 5.41 Å². The Labute approximate surface area is 94.8 Å². The molecule has 1 saturated carbocycles. The van der Waals surface area contributed by atoms with Gasteiger partial charge in [-0.15, -0.1) is 0 Å². The fourth-order valence-electron chi connectivity index (χ4n) is 2.25. The SMILES string of the molecule is COCC1(CN2CCCC2)CC1.FC(F)F. The molecule has 0 aromatic rings. The maximum absolute atomic E-state index is 9.67. The number of likely N-dealkylation sites (tertiary alicyclic amines) is 1. The van der Waals surface area contributed by atoms with Gasteiger partial charge in [0.15, 0.2) is 0 Å². The molecule has 2 rings (SSSR count). The van der Waals surface area contributed by atoms with Gasteiger partial charge in [0.1, 0.15) is 0 Å². The van der Waals surface area contributed by atoms with Crippen LogP contribution in [0.25, 0.3) is 0 Å². The molecule has 0 aromatic carbocycles. The van der Waals surface area contributed by atoms with Gasteiger partial charge >= 0.3 is 6.68 Å². The van der Waals surface area contributed by atoms with Crippen molar-refractivity contribution < 1.29 is 17.9 Å². The Balaban J connectivity index is 0.000000280. The Morgan fingerprint density at radius 3 is 2.06 bits per heavy atom. The second kappa shape index (κ2) is 6.45. The van der Waals surface area contributed by atoms with Gasteiger partial charge in [-0.25, -0.2) is 0 Å². The van der Waals surface area contributed by atoms with Gasteiger partial charge in [0.25, 0.3) is 0 Å². The fraction of sp³-hybridized carbons (Fsp3) is 1.00. The van der Waals surface area contributed by atoms with Crippen LogP contribution in [0.2, 0.25) is 0 Å². The molecule has 0 aromatic heterocycles. The minimum atomic E-state index is -3.67. The summed E-state index contributed by atoms with van der Waals surface area (Å²) in [5.74, 6) is 0. The van der Waals surface area contributed by atoms with Crippen molar-refractivity contribution in [3.63, 3.8) is 0 Å². The molecule has 2 aliphatic rings. The van der Waals surface area contributed by atoms with Crippen molar-refractivity contribution in [1.82, 2.24) is 4.90 Å². The summed E-state index contributed by atoms with van der Waals surface area (Å²) < 4.78 is 34.3. The molecular formula is C11H20F3NO. The van der Waals surface area contributed by atoms with E-state index in [1.807, 2.05) is 7.11 Å². The average Bonchev–Trinajstić information content (AvgIpc) is 2.75. The lowest BCUT2D eigenvalue weighted by molar-refractivity contribution is 0.00819. The summed E-state index contributed by atoms with van der Waals surface area (Å²) >= 11 is 0. The highest BCUT2D eigenvalue weighted by Gasteiger charge is 2.44. The summed E-state index contributed by atoms with van der Waals surface area (Å²) in [6.45, 7) is 1.25. The van der Waals surface area contributed by atoms with E-state index in [4.69, 9.17) is 4.74 Å². The predicted molar refractivity (Wildman–Crippen MR) is 56.3 cm³/mol. The third-order valence-corrected chi connectivity index (χ3v) is 3.17. The Hall–Kier alpha value is -0.290. The van der Waals surface area contributed by atoms with Crippen LogP contribution in [0, 0.1) is 5.41 Å². The third kappa shape index (κ3) is 5.16. The lowest BCUT2D eigenvalue weighted by Crippen LogP contribution is -2.30. The van der Waals surface area contributed by atoms with E-state index in [-0.39, 0.29) is 0 Å². The molecule has 0 bridgehead atoms. The van der Waals surface area contributed by atoms with Gasteiger partial charge in [-0.05, 0) is 38.8 Å². The maximum atomic E-state index is 9.67. The van der Waals surface area contributed by atoms with Crippen LogP contribution in [0.4, 0.5) is 13.2 Å². The first kappa shape index (κ1) is 13.8. The monoisotopic (exact) mass is 239 g/mol. The number of nitrogens with zero attached hydrogens (tertiary/aromatic N) is 1. The zero-order valence-electron chi connectivity index (χ0n) is 9.72. The molecule has 2 nitrogen and oxygen atoms in total. The van der Waals surface area contributed by atoms with Crippen molar-refractivity contribution in [1.29, 1.82) is 0 Å². The number of alkyl halides is 3. The standard InChI is InChI=1S/C10H19NO.CHF3/c1-12-9-10(4-5-10)8-11-6-2-3-7-11;2-1(3)4/h2-9H2,1H3;1H. The molecule has 5 heteroatoms. The highest BCUT2D eigenvalue weighted by Crippen LogP contribution is 2.46. The molecule has 1 aliphatic heterocycles. The van der Waals surface area contributed by atoms with Crippen LogP contribution < -0.4 is 0 Å². The summed E-state index contributed by atoms with van der Waals surface area (Å²) in [4.78, 5) is 2.60. The topological polar surface area (TPSA) is 12.5 Å². The van der Waals surface area contributed by atoms with Crippen molar-refractivity contribution in [3.05, 3.63) is 0 Å². The average molecular weight is 239 g/mol. The molecule has 0 amide bonds. The molecule has 0 spiro atoms. The van der Waals surface area contributed by atoms with Crippen LogP contribution in [-0.2, 0) is 4.74 Å². The van der Waals surface area contributed by atoms with E-state index < -0.39 is 6.68 Å². The number of ether oxygens (including phenoxy) is 1. The molecule has 1 heterocycles. The highest BCUT2D eigenvalue weighted by atomic mass is 19.4. The molecule has 0 radical (unpaired) electrons. The first-order chi connectivity index (χ1) is 7.58. The zero-order chi connectivity index (χ0) is 12.0. The minimum absolute atomic E-state index is 0.569. The largest absolute Gasteiger partial charge is 0.384 e. The van der Waals surface area contributed by atoms with E-state index in [1.54, 1.807) is 0 Å². The second-order valence-electron chi connectivity index (χ2n) is 4.66. The summed E-state index contributed by atoms with van der Waals surface area (Å²) in [5.41, 5.74) is 0.569. The molecular weight excluding hydrogens is 219 g/mol. The van der Waals surface area contributed by atoms with Gasteiger partial charge in [-0.3, -0.25) is 0 Å². The van der Waals surface area contributed by atoms with Crippen LogP contribution in [0.15, 0.2) is 0 Å². The Kier molecular flexibility index (Phi) is 5.55. The summed E-state index contributed by atoms with van der Waals surface area (Å²) in [7, 11) is 1.82. The first-order valence-corrected chi connectivity index (χ1v) is 5.71. The number of hydrogen-bond acceptors (Lipinski definition) is 2. The van der Waals surface area contributed by atoms with Crippen molar-refractivity contribution in [2.24, 2.45) is 5.41 Å². The number of methoxy groups -OCH3 is 1. The summed E-state index contributed by atoms with van der Waals surface area (Å²) in [6.07, 6.45) is 5.58. The summed E-state index contributed by atoms with van der Waals surface area (Å²) in [6, 6.07) is 0. The highest BCUT2D eigenvalue weighted by molar-refractivity contribution is 4.96. The molecule has 0 atom stereocenters. The van der Waals surface area contributed by atoms with E-state index in [0.717, 1.165) is 6.61 Å². The van der Waals surface area contributed by atoms with E-state index in [1.165, 1.54) is 45.3 Å². The molecule has 1 aliphatic carbocycles. The minimum Gasteiger partial charge on any atom is -0.384 e. The molecule has 0 unspecified atom stereocenters. The number of halogens is 3. The molecule has 2 fully saturated rings. The maximum Gasteiger partial charge on any atom is 0.379 e. The van der Waals surface area contributed by atoms with Crippen LogP contribution in [0.1, 0.15) is 25.7 Å². The zero-order valence-corrected chi connectivity index (χ0v) is 9.72. The van der Waals surface area contributed by atoms with Gasteiger partial charge in [0, 0.05) is 19.1 Å². The normalized spacial score (nSPS) is 23.1. The second-order valence-corrected chi connectivity index (χ2v) is 4.66. The Bertz CT molecular complexity index is 189. The number of hydrogen-bond donors (Lipinski definition) is 0. The van der Waals surface area contributed by atoms with Gasteiger partial charge in [-0.1, -0.05) is 0 Å². The van der Waals surface area contributed by atoms with Crippen LogP contribution >= 0.6 is 0 Å². The lowest BCUT2D eigenvalue weighted by Gasteiger charge is -2.21. The summed E-state index contributed by atoms with van der Waals surface area (Å²) in [5, 5.41) is 0. The van der Waals surface area contributed by atoms with Crippen molar-refractivity contribution in [3.8, 4) is 0 Å². The van der Waals surface area contributed by atoms with Crippen molar-refractivity contribution >= 4 is 0 Å². The van der Waals surface area contributed by atoms with Gasteiger partial charge < -0.3 is 9.64 Å². The van der Waals surface area contributed by atoms with Crippen LogP contribution in [0.5, 0.6) is 0 Å². The molecule has 0 N–H and O–H groups in total. The van der Waals surface area contributed by atoms with Crippen LogP contribution in [-0.4, -0.2) is 44.9 Å². The van der Waals surface area contributed by atoms with Crippen LogP contribution in [0.3, 0.4) is 0 Å². The molecule has 1 saturated heterocycles. The fourth-order valence-corrected chi connectivity index (χ4v) is 2.25. The van der Waals surface area contributed by atoms with Crippen molar-refractivity contribution in [2.45, 2.75) is 32.4 Å². The molecule has 96 valence electrons. The van der Waals surface area contributed by atoms with E-state index in [9.17, 15) is 13.2 Å². The van der Waals surface area contributed by atoms with Gasteiger partial charge in [0.05, 0.1) is 6.61 Å². The first-order valence-electron chi connectivity index (χ1n) is 5.71. The van der Waals surface area contributed by atoms with Gasteiger partial charge in [0.2, 0.25) is 0 Å². The third-order valence-electron chi connectivity index (χ3n) is 3.17. The predicted octanol–water partition coefficient (Wildman–Crippen LogP) is 2.69. The lowest BCUT2D eigenvalue weighted by atomic mass is 10.1. The smallest absolute Gasteiger partial charge is 0.379 e. The number of rotatable bonds is 4. The van der Waals surface area contributed by atoms with Gasteiger partial charge in [-0.2, -0.15) is 13.2 Å². The van der Waals surface area contributed by atoms with E-state index in [2.05, 4.69) is 4.90 Å². The quantitative estimate of drug-likeness (QED) is 0.748. The molecule has 16 heavy (non-hydrogen) atoms. The van der Waals surface area contributed by atoms with E-state index >= 15 is 0 Å².